The van der Waals surface area contributed by atoms with Crippen LogP contribution in [0.5, 0.6) is 5.88 Å². The number of benzene rings is 1. The average molecular weight is 671 g/mol. The number of aryl methyl sites for hydroxylation is 2. The van der Waals surface area contributed by atoms with Crippen LogP contribution < -0.4 is 5.69 Å². The molecule has 1 aromatic carbocycles. The van der Waals surface area contributed by atoms with E-state index >= 15 is 0 Å². The molecule has 3 aliphatic rings. The summed E-state index contributed by atoms with van der Waals surface area (Å²) >= 11 is 1.57. The van der Waals surface area contributed by atoms with Crippen molar-refractivity contribution in [3.63, 3.8) is 0 Å². The molecule has 0 spiro atoms. The Labute approximate surface area is 283 Å². The van der Waals surface area contributed by atoms with Gasteiger partial charge >= 0.3 is 5.69 Å². The average Bonchev–Trinajstić information content (AvgIpc) is 3.80. The molecule has 12 heteroatoms. The number of carbonyl (C=O) groups is 3. The van der Waals surface area contributed by atoms with E-state index in [0.717, 1.165) is 63.2 Å². The molecule has 0 unspecified atom stereocenters. The molecule has 11 nitrogen and oxygen atoms in total. The van der Waals surface area contributed by atoms with Gasteiger partial charge in [0.15, 0.2) is 5.78 Å². The molecule has 2 bridgehead atoms. The Bertz CT molecular complexity index is 1940. The molecule has 7 rings (SSSR count). The quantitative estimate of drug-likeness (QED) is 0.237. The van der Waals surface area contributed by atoms with E-state index in [1.807, 2.05) is 13.8 Å². The Hall–Kier alpha value is -4.29. The van der Waals surface area contributed by atoms with Gasteiger partial charge in [-0.05, 0) is 77.1 Å². The van der Waals surface area contributed by atoms with Crippen molar-refractivity contribution < 1.29 is 19.5 Å². The van der Waals surface area contributed by atoms with Gasteiger partial charge in [0.25, 0.3) is 0 Å². The largest absolute Gasteiger partial charge is 0.493 e. The number of nitrogens with zero attached hydrogens (tertiary/aromatic N) is 4. The van der Waals surface area contributed by atoms with Gasteiger partial charge in [0, 0.05) is 60.3 Å². The van der Waals surface area contributed by atoms with Gasteiger partial charge in [-0.15, -0.1) is 11.3 Å². The molecule has 4 aromatic rings. The molecule has 48 heavy (non-hydrogen) atoms. The summed E-state index contributed by atoms with van der Waals surface area (Å²) in [5, 5.41) is 10.5. The number of nitrogens with one attached hydrogen (secondary N) is 2. The molecule has 0 atom stereocenters. The molecule has 3 aromatic heterocycles. The SMILES string of the molecule is Cc1cc(C)cc(-c2[nH]c3sc(C(C)(C)C(=O)N4C5CCC4CC5)cc3c2C(=O)CN2CCN(C(=O)Cc3cc(O)nc(=O)[nH]3)CC2)c1. The van der Waals surface area contributed by atoms with E-state index in [1.54, 1.807) is 16.2 Å². The fraction of sp³-hybridized carbons (Fsp3) is 0.472. The van der Waals surface area contributed by atoms with Crippen molar-refractivity contribution in [2.75, 3.05) is 32.7 Å². The predicted octanol–water partition coefficient (Wildman–Crippen LogP) is 4.30. The van der Waals surface area contributed by atoms with Crippen LogP contribution >= 0.6 is 11.3 Å². The standard InChI is InChI=1S/C36H42N6O5S/c1-20-13-21(2)15-22(14-20)32-31(26-18-28(48-33(26)39-32)36(3,4)34(46)42-24-5-6-25(42)8-7-24)27(43)19-40-9-11-41(12-10-40)30(45)17-23-16-29(44)38-35(47)37-23/h13-16,18,24-25,39H,5-12,17,19H2,1-4H3,(H2,37,38,44,47). The van der Waals surface area contributed by atoms with Crippen molar-refractivity contribution in [3.05, 3.63) is 68.1 Å². The topological polar surface area (TPSA) is 143 Å². The minimum Gasteiger partial charge on any atom is -0.493 e. The highest BCUT2D eigenvalue weighted by Gasteiger charge is 2.47. The van der Waals surface area contributed by atoms with Gasteiger partial charge in [-0.1, -0.05) is 17.2 Å². The van der Waals surface area contributed by atoms with E-state index in [2.05, 4.69) is 62.9 Å². The highest BCUT2D eigenvalue weighted by atomic mass is 32.1. The minimum atomic E-state index is -0.707. The van der Waals surface area contributed by atoms with E-state index in [9.17, 15) is 24.3 Å². The first-order chi connectivity index (χ1) is 22.9. The third-order valence-electron chi connectivity index (χ3n) is 10.3. The molecule has 2 amide bonds. The van der Waals surface area contributed by atoms with Crippen LogP contribution in [0, 0.1) is 13.8 Å². The van der Waals surface area contributed by atoms with Gasteiger partial charge in [0.2, 0.25) is 17.7 Å². The van der Waals surface area contributed by atoms with E-state index in [0.29, 0.717) is 49.5 Å². The van der Waals surface area contributed by atoms with Gasteiger partial charge in [-0.3, -0.25) is 19.3 Å². The normalized spacial score (nSPS) is 19.8. The van der Waals surface area contributed by atoms with Crippen LogP contribution in [0.2, 0.25) is 0 Å². The first kappa shape index (κ1) is 32.3. The molecular weight excluding hydrogens is 629 g/mol. The van der Waals surface area contributed by atoms with Crippen molar-refractivity contribution in [1.82, 2.24) is 29.7 Å². The number of aromatic amines is 2. The van der Waals surface area contributed by atoms with Gasteiger partial charge in [-0.25, -0.2) is 4.79 Å². The Morgan fingerprint density at radius 3 is 2.21 bits per heavy atom. The van der Waals surface area contributed by atoms with Crippen LogP contribution in [-0.4, -0.2) is 97.2 Å². The molecule has 3 fully saturated rings. The number of Topliss-reactive ketones (excluding diaryl/α,β-unsaturated/α-hetero) is 1. The summed E-state index contributed by atoms with van der Waals surface area (Å²) in [4.78, 5) is 70.0. The second kappa shape index (κ2) is 12.3. The summed E-state index contributed by atoms with van der Waals surface area (Å²) in [5.41, 5.74) is 3.51. The number of hydrogen-bond donors (Lipinski definition) is 3. The Morgan fingerprint density at radius 1 is 0.938 bits per heavy atom. The number of fused-ring (bicyclic) bond motifs is 3. The molecule has 252 valence electrons. The highest BCUT2D eigenvalue weighted by molar-refractivity contribution is 7.19. The van der Waals surface area contributed by atoms with Crippen molar-refractivity contribution >= 4 is 39.2 Å². The number of rotatable bonds is 8. The Morgan fingerprint density at radius 2 is 1.58 bits per heavy atom. The lowest BCUT2D eigenvalue weighted by Gasteiger charge is -2.34. The third-order valence-corrected chi connectivity index (χ3v) is 11.7. The van der Waals surface area contributed by atoms with Crippen LogP contribution in [0.25, 0.3) is 21.5 Å². The molecule has 3 N–H and O–H groups in total. The number of H-pyrrole nitrogens is 2. The summed E-state index contributed by atoms with van der Waals surface area (Å²) in [7, 11) is 0. The summed E-state index contributed by atoms with van der Waals surface area (Å²) < 4.78 is 0. The zero-order valence-corrected chi connectivity index (χ0v) is 28.7. The summed E-state index contributed by atoms with van der Waals surface area (Å²) in [5.74, 6) is -0.420. The second-order valence-corrected chi connectivity index (χ2v) is 15.3. The van der Waals surface area contributed by atoms with Crippen LogP contribution in [0.3, 0.4) is 0 Å². The zero-order chi connectivity index (χ0) is 33.9. The first-order valence-corrected chi connectivity index (χ1v) is 17.6. The van der Waals surface area contributed by atoms with Crippen molar-refractivity contribution in [2.24, 2.45) is 0 Å². The number of amides is 2. The van der Waals surface area contributed by atoms with Crippen molar-refractivity contribution in [2.45, 2.75) is 77.3 Å². The van der Waals surface area contributed by atoms with Crippen LogP contribution in [0.15, 0.2) is 35.1 Å². The van der Waals surface area contributed by atoms with Crippen LogP contribution in [-0.2, 0) is 21.4 Å². The molecule has 6 heterocycles. The van der Waals surface area contributed by atoms with Crippen molar-refractivity contribution in [3.8, 4) is 17.1 Å². The fourth-order valence-electron chi connectivity index (χ4n) is 7.89. The number of aromatic hydroxyl groups is 1. The van der Waals surface area contributed by atoms with E-state index in [4.69, 9.17) is 0 Å². The van der Waals surface area contributed by atoms with Crippen LogP contribution in [0.1, 0.15) is 71.6 Å². The maximum Gasteiger partial charge on any atom is 0.348 e. The number of carbonyl (C=O) groups excluding carboxylic acids is 3. The number of thiophene rings is 1. The van der Waals surface area contributed by atoms with Gasteiger partial charge < -0.3 is 24.9 Å². The monoisotopic (exact) mass is 670 g/mol. The summed E-state index contributed by atoms with van der Waals surface area (Å²) in [6.07, 6.45) is 4.31. The maximum atomic E-state index is 14.3. The van der Waals surface area contributed by atoms with E-state index < -0.39 is 17.0 Å². The van der Waals surface area contributed by atoms with Gasteiger partial charge in [-0.2, -0.15) is 4.98 Å². The molecular formula is C36H42N6O5S. The number of aromatic nitrogens is 3. The minimum absolute atomic E-state index is 0.00825. The molecule has 0 saturated carbocycles. The third kappa shape index (κ3) is 5.96. The molecule has 3 saturated heterocycles. The molecule has 3 aliphatic heterocycles. The zero-order valence-electron chi connectivity index (χ0n) is 27.9. The van der Waals surface area contributed by atoms with E-state index in [1.165, 1.54) is 6.07 Å². The van der Waals surface area contributed by atoms with Gasteiger partial charge in [0.1, 0.15) is 4.83 Å². The van der Waals surface area contributed by atoms with Crippen LogP contribution in [0.4, 0.5) is 0 Å². The fourth-order valence-corrected chi connectivity index (χ4v) is 9.05. The Kier molecular flexibility index (Phi) is 8.27. The second-order valence-electron chi connectivity index (χ2n) is 14.2. The maximum absolute atomic E-state index is 14.3. The predicted molar refractivity (Wildman–Crippen MR) is 185 cm³/mol. The summed E-state index contributed by atoms with van der Waals surface area (Å²) in [6, 6.07) is 10.3. The molecule has 0 radical (unpaired) electrons. The highest BCUT2D eigenvalue weighted by Crippen LogP contribution is 2.44. The lowest BCUT2D eigenvalue weighted by Crippen LogP contribution is -2.50. The Balaban J connectivity index is 1.13. The summed E-state index contributed by atoms with van der Waals surface area (Å²) in [6.45, 7) is 10.3. The lowest BCUT2D eigenvalue weighted by atomic mass is 9.88. The number of piperazine rings is 1. The first-order valence-electron chi connectivity index (χ1n) is 16.8. The van der Waals surface area contributed by atoms with E-state index in [-0.39, 0.29) is 30.6 Å². The van der Waals surface area contributed by atoms with Crippen molar-refractivity contribution in [1.29, 1.82) is 0 Å². The van der Waals surface area contributed by atoms with Gasteiger partial charge in [0.05, 0.1) is 29.6 Å². The molecule has 0 aliphatic carbocycles. The number of ketones is 1. The number of hydrogen-bond acceptors (Lipinski definition) is 8. The lowest BCUT2D eigenvalue weighted by molar-refractivity contribution is -0.137. The smallest absolute Gasteiger partial charge is 0.348 e.